The number of nitrogens with zero attached hydrogens (tertiary/aromatic N) is 1. The zero-order valence-corrected chi connectivity index (χ0v) is 18.0. The molecule has 1 N–H and O–H groups in total. The van der Waals surface area contributed by atoms with E-state index < -0.39 is 10.0 Å². The van der Waals surface area contributed by atoms with Crippen molar-refractivity contribution in [2.24, 2.45) is 0 Å². The smallest absolute Gasteiger partial charge is 0.243 e. The standard InChI is InChI=1S/C22H26N2O6S/c25-22(23-10-9-18-3-7-20-21(15-18)30-16-29-20)8-4-17-1-5-19(6-2-17)31(26,27)24-11-13-28-14-12-24/h1-3,5-7,15H,4,8-14,16H2,(H,23,25). The van der Waals surface area contributed by atoms with Gasteiger partial charge < -0.3 is 19.5 Å². The molecule has 0 spiro atoms. The average molecular weight is 447 g/mol. The molecule has 2 heterocycles. The summed E-state index contributed by atoms with van der Waals surface area (Å²) in [6, 6.07) is 12.5. The maximum atomic E-state index is 12.7. The summed E-state index contributed by atoms with van der Waals surface area (Å²) in [4.78, 5) is 12.4. The van der Waals surface area contributed by atoms with Gasteiger partial charge in [-0.3, -0.25) is 4.79 Å². The molecule has 8 nitrogen and oxygen atoms in total. The molecule has 4 rings (SSSR count). The second-order valence-electron chi connectivity index (χ2n) is 7.45. The van der Waals surface area contributed by atoms with E-state index in [0.29, 0.717) is 52.1 Å². The molecular weight excluding hydrogens is 420 g/mol. The van der Waals surface area contributed by atoms with Crippen molar-refractivity contribution in [1.82, 2.24) is 9.62 Å². The molecule has 2 aliphatic rings. The van der Waals surface area contributed by atoms with Crippen LogP contribution in [0, 0.1) is 0 Å². The van der Waals surface area contributed by atoms with Crippen molar-refractivity contribution in [2.75, 3.05) is 39.6 Å². The number of sulfonamides is 1. The largest absolute Gasteiger partial charge is 0.454 e. The molecule has 1 saturated heterocycles. The predicted octanol–water partition coefficient (Wildman–Crippen LogP) is 1.73. The number of amides is 1. The van der Waals surface area contributed by atoms with Crippen molar-refractivity contribution in [2.45, 2.75) is 24.2 Å². The molecular formula is C22H26N2O6S. The van der Waals surface area contributed by atoms with Crippen LogP contribution in [0.5, 0.6) is 11.5 Å². The molecule has 0 radical (unpaired) electrons. The fourth-order valence-corrected chi connectivity index (χ4v) is 4.96. The molecule has 2 aromatic carbocycles. The summed E-state index contributed by atoms with van der Waals surface area (Å²) in [5.41, 5.74) is 1.99. The summed E-state index contributed by atoms with van der Waals surface area (Å²) in [6.45, 7) is 2.36. The normalized spacial score (nSPS) is 16.3. The Bertz CT molecular complexity index is 1020. The Morgan fingerprint density at radius 2 is 1.65 bits per heavy atom. The summed E-state index contributed by atoms with van der Waals surface area (Å²) < 4.78 is 42.6. The molecule has 1 amide bonds. The second-order valence-corrected chi connectivity index (χ2v) is 9.39. The number of aryl methyl sites for hydroxylation is 1. The topological polar surface area (TPSA) is 94.2 Å². The number of rotatable bonds is 8. The monoisotopic (exact) mass is 446 g/mol. The minimum absolute atomic E-state index is 0.0363. The Labute approximate surface area is 182 Å². The molecule has 166 valence electrons. The van der Waals surface area contributed by atoms with Crippen molar-refractivity contribution < 1.29 is 27.4 Å². The lowest BCUT2D eigenvalue weighted by Gasteiger charge is -2.26. The van der Waals surface area contributed by atoms with Gasteiger partial charge in [0.1, 0.15) is 0 Å². The lowest BCUT2D eigenvalue weighted by atomic mass is 10.1. The van der Waals surface area contributed by atoms with Gasteiger partial charge in [-0.2, -0.15) is 4.31 Å². The Morgan fingerprint density at radius 3 is 2.42 bits per heavy atom. The first-order chi connectivity index (χ1) is 15.0. The molecule has 1 fully saturated rings. The number of morpholine rings is 1. The van der Waals surface area contributed by atoms with Crippen molar-refractivity contribution in [1.29, 1.82) is 0 Å². The van der Waals surface area contributed by atoms with Gasteiger partial charge in [0.25, 0.3) is 0 Å². The second kappa shape index (κ2) is 9.67. The van der Waals surface area contributed by atoms with Crippen LogP contribution in [0.2, 0.25) is 0 Å². The third-order valence-electron chi connectivity index (χ3n) is 5.34. The van der Waals surface area contributed by atoms with E-state index in [9.17, 15) is 13.2 Å². The van der Waals surface area contributed by atoms with Crippen molar-refractivity contribution in [3.05, 3.63) is 53.6 Å². The minimum atomic E-state index is -3.50. The summed E-state index contributed by atoms with van der Waals surface area (Å²) in [6.07, 6.45) is 1.60. The molecule has 31 heavy (non-hydrogen) atoms. The van der Waals surface area contributed by atoms with Gasteiger partial charge in [0.05, 0.1) is 18.1 Å². The van der Waals surface area contributed by atoms with Crippen LogP contribution in [0.4, 0.5) is 0 Å². The quantitative estimate of drug-likeness (QED) is 0.664. The molecule has 0 atom stereocenters. The third kappa shape index (κ3) is 5.36. The number of fused-ring (bicyclic) bond motifs is 1. The fraction of sp³-hybridized carbons (Fsp3) is 0.409. The zero-order valence-electron chi connectivity index (χ0n) is 17.2. The van der Waals surface area contributed by atoms with Gasteiger partial charge in [-0.05, 0) is 48.2 Å². The summed E-state index contributed by atoms with van der Waals surface area (Å²) in [5, 5.41) is 2.92. The summed E-state index contributed by atoms with van der Waals surface area (Å²) in [7, 11) is -3.50. The van der Waals surface area contributed by atoms with E-state index in [-0.39, 0.29) is 17.6 Å². The first-order valence-electron chi connectivity index (χ1n) is 10.3. The Kier molecular flexibility index (Phi) is 6.74. The molecule has 0 bridgehead atoms. The van der Waals surface area contributed by atoms with Gasteiger partial charge in [0.2, 0.25) is 22.7 Å². The zero-order chi connectivity index (χ0) is 21.7. The van der Waals surface area contributed by atoms with Crippen molar-refractivity contribution >= 4 is 15.9 Å². The number of hydrogen-bond acceptors (Lipinski definition) is 6. The number of ether oxygens (including phenoxy) is 3. The van der Waals surface area contributed by atoms with Crippen LogP contribution < -0.4 is 14.8 Å². The lowest BCUT2D eigenvalue weighted by Crippen LogP contribution is -2.40. The molecule has 0 unspecified atom stereocenters. The van der Waals surface area contributed by atoms with E-state index >= 15 is 0 Å². The highest BCUT2D eigenvalue weighted by atomic mass is 32.2. The van der Waals surface area contributed by atoms with Crippen LogP contribution in [0.3, 0.4) is 0 Å². The van der Waals surface area contributed by atoms with Gasteiger partial charge in [0.15, 0.2) is 11.5 Å². The maximum Gasteiger partial charge on any atom is 0.243 e. The number of carbonyl (C=O) groups is 1. The molecule has 2 aliphatic heterocycles. The van der Waals surface area contributed by atoms with E-state index in [1.807, 2.05) is 18.2 Å². The summed E-state index contributed by atoms with van der Waals surface area (Å²) >= 11 is 0. The number of nitrogens with one attached hydrogen (secondary N) is 1. The third-order valence-corrected chi connectivity index (χ3v) is 7.26. The van der Waals surface area contributed by atoms with Crippen molar-refractivity contribution in [3.8, 4) is 11.5 Å². The van der Waals surface area contributed by atoms with Crippen LogP contribution in [-0.2, 0) is 32.4 Å². The first-order valence-corrected chi connectivity index (χ1v) is 11.8. The average Bonchev–Trinajstić information content (AvgIpc) is 3.26. The van der Waals surface area contributed by atoms with Gasteiger partial charge in [-0.1, -0.05) is 18.2 Å². The first kappa shape index (κ1) is 21.6. The van der Waals surface area contributed by atoms with E-state index in [4.69, 9.17) is 14.2 Å². The SMILES string of the molecule is O=C(CCc1ccc(S(=O)(=O)N2CCOCC2)cc1)NCCc1ccc2c(c1)OCO2. The van der Waals surface area contributed by atoms with Crippen LogP contribution >= 0.6 is 0 Å². The molecule has 2 aromatic rings. The predicted molar refractivity (Wildman–Crippen MR) is 114 cm³/mol. The van der Waals surface area contributed by atoms with Gasteiger partial charge in [-0.25, -0.2) is 8.42 Å². The van der Waals surface area contributed by atoms with E-state index in [0.717, 1.165) is 22.6 Å². The van der Waals surface area contributed by atoms with Gasteiger partial charge >= 0.3 is 0 Å². The van der Waals surface area contributed by atoms with E-state index in [1.165, 1.54) is 4.31 Å². The highest BCUT2D eigenvalue weighted by molar-refractivity contribution is 7.89. The molecule has 0 aliphatic carbocycles. The molecule has 9 heteroatoms. The maximum absolute atomic E-state index is 12.7. The Hall–Kier alpha value is -2.62. The number of carbonyl (C=O) groups excluding carboxylic acids is 1. The number of hydrogen-bond donors (Lipinski definition) is 1. The van der Waals surface area contributed by atoms with Crippen LogP contribution in [0.25, 0.3) is 0 Å². The Morgan fingerprint density at radius 1 is 0.935 bits per heavy atom. The van der Waals surface area contributed by atoms with Gasteiger partial charge in [-0.15, -0.1) is 0 Å². The van der Waals surface area contributed by atoms with Gasteiger partial charge in [0, 0.05) is 26.1 Å². The number of benzene rings is 2. The Balaban J connectivity index is 1.22. The molecule has 0 aromatic heterocycles. The summed E-state index contributed by atoms with van der Waals surface area (Å²) in [5.74, 6) is 1.45. The highest BCUT2D eigenvalue weighted by Gasteiger charge is 2.26. The van der Waals surface area contributed by atoms with Crippen LogP contribution in [0.1, 0.15) is 17.5 Å². The van der Waals surface area contributed by atoms with E-state index in [2.05, 4.69) is 5.32 Å². The van der Waals surface area contributed by atoms with Crippen LogP contribution in [-0.4, -0.2) is 58.3 Å². The highest BCUT2D eigenvalue weighted by Crippen LogP contribution is 2.32. The fourth-order valence-electron chi connectivity index (χ4n) is 3.55. The molecule has 0 saturated carbocycles. The van der Waals surface area contributed by atoms with Crippen molar-refractivity contribution in [3.63, 3.8) is 0 Å². The van der Waals surface area contributed by atoms with Crippen LogP contribution in [0.15, 0.2) is 47.4 Å². The minimum Gasteiger partial charge on any atom is -0.454 e. The lowest BCUT2D eigenvalue weighted by molar-refractivity contribution is -0.121. The van der Waals surface area contributed by atoms with E-state index in [1.54, 1.807) is 24.3 Å².